The van der Waals surface area contributed by atoms with Gasteiger partial charge in [-0.25, -0.2) is 0 Å². The van der Waals surface area contributed by atoms with Crippen molar-refractivity contribution in [2.24, 2.45) is 0 Å². The van der Waals surface area contributed by atoms with Crippen molar-refractivity contribution >= 4 is 5.78 Å². The van der Waals surface area contributed by atoms with Crippen molar-refractivity contribution in [3.8, 4) is 5.75 Å². The summed E-state index contributed by atoms with van der Waals surface area (Å²) in [4.78, 5) is 14.9. The molecule has 0 amide bonds. The van der Waals surface area contributed by atoms with E-state index in [1.54, 1.807) is 7.11 Å². The molecule has 0 aliphatic carbocycles. The predicted octanol–water partition coefficient (Wildman–Crippen LogP) is 1.56. The first-order valence-electron chi connectivity index (χ1n) is 6.70. The molecule has 1 aromatic rings. The highest BCUT2D eigenvalue weighted by Gasteiger charge is 2.35. The van der Waals surface area contributed by atoms with Gasteiger partial charge in [-0.2, -0.15) is 0 Å². The minimum Gasteiger partial charge on any atom is -0.497 e. The number of Topliss-reactive ketones (excluding diaryl/α,β-unsaturated/α-hetero) is 1. The summed E-state index contributed by atoms with van der Waals surface area (Å²) in [5, 5.41) is 3.31. The van der Waals surface area contributed by atoms with Crippen LogP contribution in [0, 0.1) is 0 Å². The molecule has 1 heterocycles. The van der Waals surface area contributed by atoms with Gasteiger partial charge in [-0.3, -0.25) is 9.69 Å². The second-order valence-electron chi connectivity index (χ2n) is 5.35. The second kappa shape index (κ2) is 5.72. The summed E-state index contributed by atoms with van der Waals surface area (Å²) < 4.78 is 5.12. The van der Waals surface area contributed by atoms with Crippen LogP contribution in [-0.2, 0) is 0 Å². The van der Waals surface area contributed by atoms with Gasteiger partial charge in [0.1, 0.15) is 5.75 Å². The number of carbonyl (C=O) groups is 1. The van der Waals surface area contributed by atoms with Crippen LogP contribution in [0.2, 0.25) is 0 Å². The summed E-state index contributed by atoms with van der Waals surface area (Å²) in [6.07, 6.45) is 0. The van der Waals surface area contributed by atoms with Crippen molar-refractivity contribution in [1.82, 2.24) is 10.2 Å². The van der Waals surface area contributed by atoms with Gasteiger partial charge in [0.15, 0.2) is 5.78 Å². The number of hydrogen-bond acceptors (Lipinski definition) is 4. The number of benzene rings is 1. The van der Waals surface area contributed by atoms with Crippen LogP contribution >= 0.6 is 0 Å². The average molecular weight is 262 g/mol. The number of methoxy groups -OCH3 is 1. The van der Waals surface area contributed by atoms with Crippen LogP contribution in [0.3, 0.4) is 0 Å². The number of nitrogens with zero attached hydrogens (tertiary/aromatic N) is 1. The van der Waals surface area contributed by atoms with E-state index in [0.717, 1.165) is 37.5 Å². The number of piperazine rings is 1. The van der Waals surface area contributed by atoms with Gasteiger partial charge < -0.3 is 10.1 Å². The highest BCUT2D eigenvalue weighted by atomic mass is 16.5. The molecule has 0 aromatic heterocycles. The summed E-state index contributed by atoms with van der Waals surface area (Å²) in [7, 11) is 1.63. The molecule has 1 aromatic carbocycles. The minimum atomic E-state index is -0.462. The molecule has 4 heteroatoms. The highest BCUT2D eigenvalue weighted by Crippen LogP contribution is 2.22. The smallest absolute Gasteiger partial charge is 0.182 e. The summed E-state index contributed by atoms with van der Waals surface area (Å²) in [6.45, 7) is 7.72. The zero-order valence-electron chi connectivity index (χ0n) is 11.9. The maximum absolute atomic E-state index is 12.7. The number of ketones is 1. The second-order valence-corrected chi connectivity index (χ2v) is 5.35. The Hall–Kier alpha value is -1.39. The number of ether oxygens (including phenoxy) is 1. The summed E-state index contributed by atoms with van der Waals surface area (Å²) in [6, 6.07) is 7.35. The highest BCUT2D eigenvalue weighted by molar-refractivity contribution is 6.02. The maximum atomic E-state index is 12.7. The first-order chi connectivity index (χ1) is 9.05. The molecule has 4 nitrogen and oxygen atoms in total. The summed E-state index contributed by atoms with van der Waals surface area (Å²) in [5.74, 6) is 0.939. The lowest BCUT2D eigenvalue weighted by atomic mass is 9.90. The first-order valence-corrected chi connectivity index (χ1v) is 6.70. The van der Waals surface area contributed by atoms with E-state index >= 15 is 0 Å². The Balaban J connectivity index is 2.15. The SMILES string of the molecule is COc1ccc(C(=O)C(C)(C)N2CCNCC2)cc1. The Morgan fingerprint density at radius 1 is 1.21 bits per heavy atom. The summed E-state index contributed by atoms with van der Waals surface area (Å²) in [5.41, 5.74) is 0.279. The van der Waals surface area contributed by atoms with Crippen LogP contribution in [0.1, 0.15) is 24.2 Å². The lowest BCUT2D eigenvalue weighted by Crippen LogP contribution is -2.57. The van der Waals surface area contributed by atoms with Crippen molar-refractivity contribution < 1.29 is 9.53 Å². The molecule has 1 saturated heterocycles. The van der Waals surface area contributed by atoms with E-state index in [2.05, 4.69) is 10.2 Å². The molecule has 1 fully saturated rings. The molecular weight excluding hydrogens is 240 g/mol. The van der Waals surface area contributed by atoms with Crippen molar-refractivity contribution in [1.29, 1.82) is 0 Å². The van der Waals surface area contributed by atoms with E-state index < -0.39 is 5.54 Å². The fraction of sp³-hybridized carbons (Fsp3) is 0.533. The van der Waals surface area contributed by atoms with Crippen molar-refractivity contribution in [3.63, 3.8) is 0 Å². The molecule has 0 radical (unpaired) electrons. The average Bonchev–Trinajstić information content (AvgIpc) is 2.47. The standard InChI is InChI=1S/C15H22N2O2/c1-15(2,17-10-8-16-9-11-17)14(18)12-4-6-13(19-3)7-5-12/h4-7,16H,8-11H2,1-3H3. The van der Waals surface area contributed by atoms with E-state index in [4.69, 9.17) is 4.74 Å². The Kier molecular flexibility index (Phi) is 4.22. The molecule has 2 rings (SSSR count). The molecule has 0 saturated carbocycles. The molecule has 0 atom stereocenters. The molecule has 19 heavy (non-hydrogen) atoms. The number of hydrogen-bond donors (Lipinski definition) is 1. The predicted molar refractivity (Wildman–Crippen MR) is 75.8 cm³/mol. The van der Waals surface area contributed by atoms with Crippen LogP contribution in [0.5, 0.6) is 5.75 Å². The maximum Gasteiger partial charge on any atom is 0.182 e. The van der Waals surface area contributed by atoms with Gasteiger partial charge in [0, 0.05) is 31.7 Å². The number of nitrogens with one attached hydrogen (secondary N) is 1. The van der Waals surface area contributed by atoms with Crippen LogP contribution in [-0.4, -0.2) is 49.5 Å². The number of rotatable bonds is 4. The van der Waals surface area contributed by atoms with Gasteiger partial charge in [-0.1, -0.05) is 0 Å². The van der Waals surface area contributed by atoms with E-state index in [1.807, 2.05) is 38.1 Å². The quantitative estimate of drug-likeness (QED) is 0.836. The third kappa shape index (κ3) is 2.96. The number of carbonyl (C=O) groups excluding carboxylic acids is 1. The van der Waals surface area contributed by atoms with Gasteiger partial charge in [0.2, 0.25) is 0 Å². The van der Waals surface area contributed by atoms with Gasteiger partial charge in [-0.15, -0.1) is 0 Å². The Morgan fingerprint density at radius 3 is 2.32 bits per heavy atom. The van der Waals surface area contributed by atoms with Gasteiger partial charge in [-0.05, 0) is 38.1 Å². The summed E-state index contributed by atoms with van der Waals surface area (Å²) >= 11 is 0. The first kappa shape index (κ1) is 14.0. The lowest BCUT2D eigenvalue weighted by Gasteiger charge is -2.40. The molecule has 0 spiro atoms. The normalized spacial score (nSPS) is 17.2. The zero-order valence-corrected chi connectivity index (χ0v) is 11.9. The van der Waals surface area contributed by atoms with E-state index in [-0.39, 0.29) is 5.78 Å². The largest absolute Gasteiger partial charge is 0.497 e. The lowest BCUT2D eigenvalue weighted by molar-refractivity contribution is 0.0602. The minimum absolute atomic E-state index is 0.164. The topological polar surface area (TPSA) is 41.6 Å². The van der Waals surface area contributed by atoms with Gasteiger partial charge in [0.25, 0.3) is 0 Å². The van der Waals surface area contributed by atoms with Gasteiger partial charge >= 0.3 is 0 Å². The van der Waals surface area contributed by atoms with Crippen molar-refractivity contribution in [2.75, 3.05) is 33.3 Å². The van der Waals surface area contributed by atoms with E-state index in [1.165, 1.54) is 0 Å². The van der Waals surface area contributed by atoms with Crippen molar-refractivity contribution in [3.05, 3.63) is 29.8 Å². The van der Waals surface area contributed by atoms with Crippen LogP contribution < -0.4 is 10.1 Å². The van der Waals surface area contributed by atoms with E-state index in [9.17, 15) is 4.79 Å². The molecule has 104 valence electrons. The Labute approximate surface area is 114 Å². The van der Waals surface area contributed by atoms with Crippen LogP contribution in [0.4, 0.5) is 0 Å². The molecule has 0 unspecified atom stereocenters. The third-order valence-corrected chi connectivity index (χ3v) is 3.82. The molecular formula is C15H22N2O2. The fourth-order valence-electron chi connectivity index (χ4n) is 2.46. The molecule has 0 bridgehead atoms. The zero-order chi connectivity index (χ0) is 13.9. The van der Waals surface area contributed by atoms with E-state index in [0.29, 0.717) is 0 Å². The Morgan fingerprint density at radius 2 is 1.79 bits per heavy atom. The molecule has 1 aliphatic rings. The van der Waals surface area contributed by atoms with Crippen LogP contribution in [0.15, 0.2) is 24.3 Å². The van der Waals surface area contributed by atoms with Gasteiger partial charge in [0.05, 0.1) is 12.6 Å². The van der Waals surface area contributed by atoms with Crippen molar-refractivity contribution in [2.45, 2.75) is 19.4 Å². The molecule has 1 aliphatic heterocycles. The Bertz CT molecular complexity index is 434. The fourth-order valence-corrected chi connectivity index (χ4v) is 2.46. The third-order valence-electron chi connectivity index (χ3n) is 3.82. The monoisotopic (exact) mass is 262 g/mol. The van der Waals surface area contributed by atoms with Crippen LogP contribution in [0.25, 0.3) is 0 Å². The molecule has 1 N–H and O–H groups in total.